The highest BCUT2D eigenvalue weighted by atomic mass is 16.1. The molecule has 0 saturated heterocycles. The molecule has 3 atom stereocenters. The summed E-state index contributed by atoms with van der Waals surface area (Å²) in [5.41, 5.74) is 3.23. The molecule has 1 amide bonds. The van der Waals surface area contributed by atoms with Gasteiger partial charge >= 0.3 is 0 Å². The third-order valence-electron chi connectivity index (χ3n) is 7.78. The van der Waals surface area contributed by atoms with Gasteiger partial charge in [0.05, 0.1) is 6.04 Å². The number of amides is 1. The average molecular weight is 374 g/mol. The number of nitrogens with one attached hydrogen (secondary N) is 1. The van der Waals surface area contributed by atoms with Crippen molar-refractivity contribution in [1.29, 1.82) is 0 Å². The van der Waals surface area contributed by atoms with Gasteiger partial charge in [-0.05, 0) is 79.2 Å². The van der Waals surface area contributed by atoms with Crippen LogP contribution in [0.5, 0.6) is 0 Å². The highest BCUT2D eigenvalue weighted by molar-refractivity contribution is 5.77. The van der Waals surface area contributed by atoms with Gasteiger partial charge in [0.25, 0.3) is 0 Å². The number of benzene rings is 2. The van der Waals surface area contributed by atoms with Crippen molar-refractivity contribution >= 4 is 5.91 Å². The molecule has 4 saturated carbocycles. The smallest absolute Gasteiger partial charge is 0.221 e. The Morgan fingerprint density at radius 1 is 0.964 bits per heavy atom. The molecule has 3 unspecified atom stereocenters. The zero-order valence-corrected chi connectivity index (χ0v) is 16.9. The Hall–Kier alpha value is -2.09. The van der Waals surface area contributed by atoms with Crippen LogP contribution in [0.25, 0.3) is 0 Å². The normalized spacial score (nSPS) is 34.2. The molecule has 1 N–H and O–H groups in total. The van der Waals surface area contributed by atoms with Crippen LogP contribution >= 0.6 is 0 Å². The molecule has 6 rings (SSSR count). The maximum atomic E-state index is 13.0. The summed E-state index contributed by atoms with van der Waals surface area (Å²) < 4.78 is 0. The number of hydrogen-bond acceptors (Lipinski definition) is 1. The first-order chi connectivity index (χ1) is 13.6. The van der Waals surface area contributed by atoms with E-state index >= 15 is 0 Å². The molecule has 0 aliphatic heterocycles. The fourth-order valence-electron chi connectivity index (χ4n) is 7.25. The Morgan fingerprint density at radius 3 is 2.21 bits per heavy atom. The van der Waals surface area contributed by atoms with Crippen LogP contribution in [-0.4, -0.2) is 5.91 Å². The molecule has 0 aromatic heterocycles. The molecule has 2 nitrogen and oxygen atoms in total. The van der Waals surface area contributed by atoms with Crippen LogP contribution in [0.1, 0.15) is 69.0 Å². The number of rotatable bonds is 5. The Bertz CT molecular complexity index is 829. The van der Waals surface area contributed by atoms with Crippen LogP contribution in [-0.2, 0) is 10.2 Å². The van der Waals surface area contributed by atoms with Crippen molar-refractivity contribution in [2.45, 2.75) is 63.3 Å². The van der Waals surface area contributed by atoms with Gasteiger partial charge in [-0.1, -0.05) is 60.7 Å². The Morgan fingerprint density at radius 2 is 1.57 bits per heavy atom. The van der Waals surface area contributed by atoms with E-state index in [1.54, 1.807) is 0 Å². The largest absolute Gasteiger partial charge is 0.350 e. The highest BCUT2D eigenvalue weighted by Crippen LogP contribution is 2.66. The molecule has 0 radical (unpaired) electrons. The van der Waals surface area contributed by atoms with Crippen LogP contribution in [0.3, 0.4) is 0 Å². The van der Waals surface area contributed by atoms with E-state index in [9.17, 15) is 4.79 Å². The summed E-state index contributed by atoms with van der Waals surface area (Å²) in [6.07, 6.45) is 8.46. The Kier molecular flexibility index (Phi) is 4.34. The molecule has 146 valence electrons. The van der Waals surface area contributed by atoms with Crippen molar-refractivity contribution in [3.05, 3.63) is 71.8 Å². The van der Waals surface area contributed by atoms with E-state index in [-0.39, 0.29) is 17.4 Å². The van der Waals surface area contributed by atoms with Gasteiger partial charge in [-0.3, -0.25) is 4.79 Å². The van der Waals surface area contributed by atoms with Gasteiger partial charge in [-0.15, -0.1) is 0 Å². The first kappa shape index (κ1) is 18.0. The highest BCUT2D eigenvalue weighted by Gasteiger charge is 2.58. The molecule has 4 aliphatic carbocycles. The molecule has 0 spiro atoms. The fourth-order valence-corrected chi connectivity index (χ4v) is 7.25. The van der Waals surface area contributed by atoms with Crippen LogP contribution in [0.15, 0.2) is 60.7 Å². The summed E-state index contributed by atoms with van der Waals surface area (Å²) in [5.74, 6) is 1.85. The van der Waals surface area contributed by atoms with Gasteiger partial charge in [0.2, 0.25) is 5.91 Å². The lowest BCUT2D eigenvalue weighted by Gasteiger charge is -2.62. The van der Waals surface area contributed by atoms with Gasteiger partial charge in [0.1, 0.15) is 0 Å². The summed E-state index contributed by atoms with van der Waals surface area (Å²) in [5, 5.41) is 3.28. The molecule has 2 heteroatoms. The summed E-state index contributed by atoms with van der Waals surface area (Å²) in [6, 6.07) is 21.5. The molecule has 4 fully saturated rings. The van der Waals surface area contributed by atoms with Gasteiger partial charge in [0.15, 0.2) is 0 Å². The minimum atomic E-state index is 0.0747. The second-order valence-corrected chi connectivity index (χ2v) is 9.98. The molecular weight excluding hydrogens is 342 g/mol. The van der Waals surface area contributed by atoms with Crippen molar-refractivity contribution in [3.8, 4) is 0 Å². The summed E-state index contributed by atoms with van der Waals surface area (Å²) in [4.78, 5) is 13.0. The predicted molar refractivity (Wildman–Crippen MR) is 113 cm³/mol. The molecule has 4 aliphatic rings. The average Bonchev–Trinajstić information content (AvgIpc) is 2.68. The standard InChI is InChI=1S/C26H31NO/c1-19(22-8-4-2-5-9-22)27-24(28)17-25-13-20-12-21(14-25)16-26(15-20,18-25)23-10-6-3-7-11-23/h2-11,19-21H,12-18H2,1H3,(H,27,28). The molecule has 0 heterocycles. The van der Waals surface area contributed by atoms with Crippen LogP contribution in [0, 0.1) is 17.3 Å². The van der Waals surface area contributed by atoms with Crippen molar-refractivity contribution in [2.24, 2.45) is 17.3 Å². The molecule has 4 bridgehead atoms. The van der Waals surface area contributed by atoms with E-state index in [1.165, 1.54) is 49.7 Å². The Labute approximate surface area is 168 Å². The van der Waals surface area contributed by atoms with Crippen molar-refractivity contribution in [1.82, 2.24) is 5.32 Å². The van der Waals surface area contributed by atoms with E-state index in [0.717, 1.165) is 11.8 Å². The molecular formula is C26H31NO. The SMILES string of the molecule is CC(NC(=O)CC12CC3CC(C1)CC(c1ccccc1)(C3)C2)c1ccccc1. The topological polar surface area (TPSA) is 29.1 Å². The number of carbonyl (C=O) groups excluding carboxylic acids is 1. The van der Waals surface area contributed by atoms with E-state index in [0.29, 0.717) is 11.8 Å². The second kappa shape index (κ2) is 6.76. The third kappa shape index (κ3) is 3.17. The van der Waals surface area contributed by atoms with Crippen LogP contribution in [0.2, 0.25) is 0 Å². The van der Waals surface area contributed by atoms with Crippen molar-refractivity contribution in [3.63, 3.8) is 0 Å². The Balaban J connectivity index is 1.34. The van der Waals surface area contributed by atoms with Crippen LogP contribution < -0.4 is 5.32 Å². The summed E-state index contributed by atoms with van der Waals surface area (Å²) in [6.45, 7) is 2.10. The first-order valence-corrected chi connectivity index (χ1v) is 11.0. The maximum absolute atomic E-state index is 13.0. The monoisotopic (exact) mass is 373 g/mol. The van der Waals surface area contributed by atoms with E-state index in [4.69, 9.17) is 0 Å². The fraction of sp³-hybridized carbons (Fsp3) is 0.500. The van der Waals surface area contributed by atoms with Crippen molar-refractivity contribution in [2.75, 3.05) is 0 Å². The summed E-state index contributed by atoms with van der Waals surface area (Å²) >= 11 is 0. The van der Waals surface area contributed by atoms with Gasteiger partial charge in [0, 0.05) is 6.42 Å². The number of hydrogen-bond donors (Lipinski definition) is 1. The molecule has 2 aromatic carbocycles. The minimum absolute atomic E-state index is 0.0747. The van der Waals surface area contributed by atoms with Gasteiger partial charge < -0.3 is 5.32 Å². The molecule has 28 heavy (non-hydrogen) atoms. The lowest BCUT2D eigenvalue weighted by Crippen LogP contribution is -2.55. The van der Waals surface area contributed by atoms with Gasteiger partial charge in [-0.25, -0.2) is 0 Å². The predicted octanol–water partition coefficient (Wildman–Crippen LogP) is 5.79. The number of carbonyl (C=O) groups is 1. The maximum Gasteiger partial charge on any atom is 0.221 e. The third-order valence-corrected chi connectivity index (χ3v) is 7.78. The zero-order chi connectivity index (χ0) is 19.2. The van der Waals surface area contributed by atoms with Crippen molar-refractivity contribution < 1.29 is 4.79 Å². The second-order valence-electron chi connectivity index (χ2n) is 9.98. The first-order valence-electron chi connectivity index (χ1n) is 11.0. The van der Waals surface area contributed by atoms with E-state index in [1.807, 2.05) is 18.2 Å². The minimum Gasteiger partial charge on any atom is -0.350 e. The zero-order valence-electron chi connectivity index (χ0n) is 16.9. The quantitative estimate of drug-likeness (QED) is 0.706. The van der Waals surface area contributed by atoms with Gasteiger partial charge in [-0.2, -0.15) is 0 Å². The van der Waals surface area contributed by atoms with E-state index < -0.39 is 0 Å². The lowest BCUT2D eigenvalue weighted by molar-refractivity contribution is -0.131. The lowest BCUT2D eigenvalue weighted by atomic mass is 9.42. The van der Waals surface area contributed by atoms with E-state index in [2.05, 4.69) is 54.7 Å². The molecule has 2 aromatic rings. The summed E-state index contributed by atoms with van der Waals surface area (Å²) in [7, 11) is 0. The van der Waals surface area contributed by atoms with Crippen LogP contribution in [0.4, 0.5) is 0 Å².